The van der Waals surface area contributed by atoms with Crippen molar-refractivity contribution in [3.63, 3.8) is 0 Å². The molecule has 3 nitrogen and oxygen atoms in total. The number of nitrogens with zero attached hydrogens (tertiary/aromatic N) is 1. The van der Waals surface area contributed by atoms with E-state index in [0.29, 0.717) is 13.2 Å². The molecule has 2 N–H and O–H groups in total. The Balaban J connectivity index is 2.30. The average molecular weight is 236 g/mol. The van der Waals surface area contributed by atoms with E-state index in [0.717, 1.165) is 26.2 Å². The number of hydrogen-bond acceptors (Lipinski definition) is 3. The van der Waals surface area contributed by atoms with Crippen LogP contribution >= 0.6 is 0 Å². The first kappa shape index (κ1) is 14.2. The third-order valence-electron chi connectivity index (χ3n) is 3.04. The van der Waals surface area contributed by atoms with Gasteiger partial charge in [-0.3, -0.25) is 0 Å². The van der Waals surface area contributed by atoms with E-state index in [1.807, 2.05) is 12.1 Å². The number of benzene rings is 1. The molecule has 0 heterocycles. The van der Waals surface area contributed by atoms with Gasteiger partial charge in [0.15, 0.2) is 0 Å². The van der Waals surface area contributed by atoms with Crippen molar-refractivity contribution in [2.45, 2.75) is 27.0 Å². The summed E-state index contributed by atoms with van der Waals surface area (Å²) in [6.45, 7) is 9.53. The van der Waals surface area contributed by atoms with Gasteiger partial charge in [-0.1, -0.05) is 38.1 Å². The Bertz CT molecular complexity index is 311. The maximum atomic E-state index is 5.70. The SMILES string of the molecule is CCN(CC)CCOCc1ccccc1CN. The van der Waals surface area contributed by atoms with Crippen LogP contribution in [0.5, 0.6) is 0 Å². The van der Waals surface area contributed by atoms with E-state index >= 15 is 0 Å². The number of nitrogens with two attached hydrogens (primary N) is 1. The first-order valence-electron chi connectivity index (χ1n) is 6.38. The monoisotopic (exact) mass is 236 g/mol. The lowest BCUT2D eigenvalue weighted by Crippen LogP contribution is -2.27. The molecule has 0 atom stereocenters. The Hall–Kier alpha value is -0.900. The molecule has 17 heavy (non-hydrogen) atoms. The van der Waals surface area contributed by atoms with Gasteiger partial charge in [0.1, 0.15) is 0 Å². The van der Waals surface area contributed by atoms with Crippen LogP contribution < -0.4 is 5.73 Å². The molecule has 0 saturated heterocycles. The molecule has 0 saturated carbocycles. The van der Waals surface area contributed by atoms with Gasteiger partial charge in [-0.2, -0.15) is 0 Å². The highest BCUT2D eigenvalue weighted by atomic mass is 16.5. The van der Waals surface area contributed by atoms with Gasteiger partial charge >= 0.3 is 0 Å². The number of ether oxygens (including phenoxy) is 1. The van der Waals surface area contributed by atoms with Crippen LogP contribution in [-0.2, 0) is 17.9 Å². The molecule has 3 heteroatoms. The highest BCUT2D eigenvalue weighted by Gasteiger charge is 2.01. The molecule has 0 fully saturated rings. The summed E-state index contributed by atoms with van der Waals surface area (Å²) < 4.78 is 5.70. The molecule has 1 aromatic carbocycles. The highest BCUT2D eigenvalue weighted by molar-refractivity contribution is 5.26. The molecule has 0 radical (unpaired) electrons. The maximum absolute atomic E-state index is 5.70. The van der Waals surface area contributed by atoms with E-state index in [4.69, 9.17) is 10.5 Å². The Morgan fingerprint density at radius 2 is 1.76 bits per heavy atom. The smallest absolute Gasteiger partial charge is 0.0720 e. The standard InChI is InChI=1S/C14H24N2O/c1-3-16(4-2)9-10-17-12-14-8-6-5-7-13(14)11-15/h5-8H,3-4,9-12,15H2,1-2H3. The summed E-state index contributed by atoms with van der Waals surface area (Å²) in [4.78, 5) is 2.36. The minimum Gasteiger partial charge on any atom is -0.375 e. The summed E-state index contributed by atoms with van der Waals surface area (Å²) >= 11 is 0. The van der Waals surface area contributed by atoms with Crippen LogP contribution in [0.1, 0.15) is 25.0 Å². The van der Waals surface area contributed by atoms with E-state index in [2.05, 4.69) is 30.9 Å². The maximum Gasteiger partial charge on any atom is 0.0720 e. The molecule has 1 aromatic rings. The summed E-state index contributed by atoms with van der Waals surface area (Å²) in [6, 6.07) is 8.19. The number of likely N-dealkylation sites (N-methyl/N-ethyl adjacent to an activating group) is 1. The summed E-state index contributed by atoms with van der Waals surface area (Å²) in [7, 11) is 0. The zero-order valence-corrected chi connectivity index (χ0v) is 11.0. The summed E-state index contributed by atoms with van der Waals surface area (Å²) in [5.74, 6) is 0. The molecular weight excluding hydrogens is 212 g/mol. The lowest BCUT2D eigenvalue weighted by Gasteiger charge is -2.17. The molecule has 0 aromatic heterocycles. The highest BCUT2D eigenvalue weighted by Crippen LogP contribution is 2.09. The molecule has 96 valence electrons. The van der Waals surface area contributed by atoms with Gasteiger partial charge in [-0.25, -0.2) is 0 Å². The van der Waals surface area contributed by atoms with Crippen molar-refractivity contribution in [1.82, 2.24) is 4.90 Å². The van der Waals surface area contributed by atoms with Crippen LogP contribution in [0.4, 0.5) is 0 Å². The van der Waals surface area contributed by atoms with E-state index in [-0.39, 0.29) is 0 Å². The van der Waals surface area contributed by atoms with Crippen molar-refractivity contribution in [2.75, 3.05) is 26.2 Å². The van der Waals surface area contributed by atoms with E-state index < -0.39 is 0 Å². The molecule has 0 spiro atoms. The summed E-state index contributed by atoms with van der Waals surface area (Å²) in [6.07, 6.45) is 0. The summed E-state index contributed by atoms with van der Waals surface area (Å²) in [5, 5.41) is 0. The van der Waals surface area contributed by atoms with Gasteiger partial charge in [0.2, 0.25) is 0 Å². The van der Waals surface area contributed by atoms with Crippen molar-refractivity contribution in [1.29, 1.82) is 0 Å². The quantitative estimate of drug-likeness (QED) is 0.702. The molecule has 1 rings (SSSR count). The number of hydrogen-bond donors (Lipinski definition) is 1. The number of rotatable bonds is 8. The Morgan fingerprint density at radius 3 is 2.35 bits per heavy atom. The predicted octanol–water partition coefficient (Wildman–Crippen LogP) is 2.00. The van der Waals surface area contributed by atoms with Gasteiger partial charge in [0, 0.05) is 13.1 Å². The lowest BCUT2D eigenvalue weighted by atomic mass is 10.1. The first-order valence-corrected chi connectivity index (χ1v) is 6.38. The fraction of sp³-hybridized carbons (Fsp3) is 0.571. The van der Waals surface area contributed by atoms with Crippen molar-refractivity contribution >= 4 is 0 Å². The molecule has 0 aliphatic heterocycles. The Morgan fingerprint density at radius 1 is 1.12 bits per heavy atom. The van der Waals surface area contributed by atoms with Crippen LogP contribution in [0.15, 0.2) is 24.3 Å². The van der Waals surface area contributed by atoms with Gasteiger partial charge in [-0.15, -0.1) is 0 Å². The zero-order chi connectivity index (χ0) is 12.5. The second kappa shape index (κ2) is 8.23. The van der Waals surface area contributed by atoms with Crippen LogP contribution in [0, 0.1) is 0 Å². The zero-order valence-electron chi connectivity index (χ0n) is 11.0. The van der Waals surface area contributed by atoms with Gasteiger partial charge in [0.25, 0.3) is 0 Å². The minimum atomic E-state index is 0.579. The van der Waals surface area contributed by atoms with Crippen LogP contribution in [0.3, 0.4) is 0 Å². The fourth-order valence-corrected chi connectivity index (χ4v) is 1.81. The van der Waals surface area contributed by atoms with E-state index in [1.165, 1.54) is 11.1 Å². The fourth-order valence-electron chi connectivity index (χ4n) is 1.81. The molecule has 0 aliphatic rings. The molecule has 0 aliphatic carbocycles. The second-order valence-corrected chi connectivity index (χ2v) is 4.05. The normalized spacial score (nSPS) is 11.1. The van der Waals surface area contributed by atoms with Gasteiger partial charge in [0.05, 0.1) is 13.2 Å². The van der Waals surface area contributed by atoms with Crippen LogP contribution in [0.25, 0.3) is 0 Å². The topological polar surface area (TPSA) is 38.5 Å². The van der Waals surface area contributed by atoms with Crippen molar-refractivity contribution in [3.8, 4) is 0 Å². The largest absolute Gasteiger partial charge is 0.375 e. The van der Waals surface area contributed by atoms with Gasteiger partial charge < -0.3 is 15.4 Å². The van der Waals surface area contributed by atoms with E-state index in [1.54, 1.807) is 0 Å². The van der Waals surface area contributed by atoms with Crippen LogP contribution in [0.2, 0.25) is 0 Å². The van der Waals surface area contributed by atoms with Gasteiger partial charge in [-0.05, 0) is 24.2 Å². The predicted molar refractivity (Wildman–Crippen MR) is 71.8 cm³/mol. The van der Waals surface area contributed by atoms with E-state index in [9.17, 15) is 0 Å². The second-order valence-electron chi connectivity index (χ2n) is 4.05. The van der Waals surface area contributed by atoms with Crippen molar-refractivity contribution in [3.05, 3.63) is 35.4 Å². The van der Waals surface area contributed by atoms with Crippen molar-refractivity contribution in [2.24, 2.45) is 5.73 Å². The molecular formula is C14H24N2O. The molecule has 0 bridgehead atoms. The summed E-state index contributed by atoms with van der Waals surface area (Å²) in [5.41, 5.74) is 8.06. The lowest BCUT2D eigenvalue weighted by molar-refractivity contribution is 0.0952. The Labute approximate surface area is 105 Å². The minimum absolute atomic E-state index is 0.579. The van der Waals surface area contributed by atoms with Crippen LogP contribution in [-0.4, -0.2) is 31.1 Å². The Kier molecular flexibility index (Phi) is 6.86. The molecule has 0 amide bonds. The van der Waals surface area contributed by atoms with Crippen molar-refractivity contribution < 1.29 is 4.74 Å². The third-order valence-corrected chi connectivity index (χ3v) is 3.04. The molecule has 0 unspecified atom stereocenters. The first-order chi connectivity index (χ1) is 8.31. The average Bonchev–Trinajstić information content (AvgIpc) is 2.39. The third kappa shape index (κ3) is 4.86.